The Morgan fingerprint density at radius 2 is 1.60 bits per heavy atom. The Morgan fingerprint density at radius 1 is 1.10 bits per heavy atom. The van der Waals surface area contributed by atoms with Crippen LogP contribution in [0.15, 0.2) is 29.2 Å². The average molecular weight is 298 g/mol. The van der Waals surface area contributed by atoms with Crippen molar-refractivity contribution in [1.82, 2.24) is 10.0 Å². The lowest BCUT2D eigenvalue weighted by atomic mass is 9.87. The molecule has 0 unspecified atom stereocenters. The SMILES string of the molecule is CC(C)NC(=O)NS(=O)(=O)c1ccc(C(C)(C)C)cc1. The Labute approximate surface area is 120 Å². The van der Waals surface area contributed by atoms with Crippen molar-refractivity contribution in [2.24, 2.45) is 0 Å². The molecule has 0 aromatic heterocycles. The van der Waals surface area contributed by atoms with Crippen LogP contribution in [0.5, 0.6) is 0 Å². The van der Waals surface area contributed by atoms with Gasteiger partial charge in [-0.25, -0.2) is 17.9 Å². The minimum absolute atomic E-state index is 0.0509. The van der Waals surface area contributed by atoms with Crippen molar-refractivity contribution >= 4 is 16.1 Å². The Kier molecular flexibility index (Phi) is 4.81. The van der Waals surface area contributed by atoms with Crippen LogP contribution in [0.1, 0.15) is 40.2 Å². The van der Waals surface area contributed by atoms with Crippen LogP contribution in [-0.2, 0) is 15.4 Å². The van der Waals surface area contributed by atoms with Gasteiger partial charge in [-0.15, -0.1) is 0 Å². The van der Waals surface area contributed by atoms with Crippen LogP contribution in [0, 0.1) is 0 Å². The first-order valence-corrected chi connectivity index (χ1v) is 7.94. The lowest BCUT2D eigenvalue weighted by Crippen LogP contribution is -2.42. The summed E-state index contributed by atoms with van der Waals surface area (Å²) in [5.41, 5.74) is 0.980. The highest BCUT2D eigenvalue weighted by Gasteiger charge is 2.19. The molecular formula is C14H22N2O3S. The molecule has 1 rings (SSSR count). The second kappa shape index (κ2) is 5.83. The van der Waals surface area contributed by atoms with Gasteiger partial charge in [0.15, 0.2) is 0 Å². The van der Waals surface area contributed by atoms with Gasteiger partial charge >= 0.3 is 6.03 Å². The summed E-state index contributed by atoms with van der Waals surface area (Å²) in [6, 6.07) is 5.68. The van der Waals surface area contributed by atoms with Crippen molar-refractivity contribution in [2.45, 2.75) is 51.0 Å². The first-order chi connectivity index (χ1) is 9.02. The van der Waals surface area contributed by atoms with E-state index in [0.29, 0.717) is 0 Å². The topological polar surface area (TPSA) is 75.3 Å². The number of nitrogens with one attached hydrogen (secondary N) is 2. The summed E-state index contributed by atoms with van der Waals surface area (Å²) in [7, 11) is -3.83. The van der Waals surface area contributed by atoms with Crippen LogP contribution in [0.2, 0.25) is 0 Å². The molecule has 0 heterocycles. The minimum Gasteiger partial charge on any atom is -0.335 e. The molecule has 2 amide bonds. The van der Waals surface area contributed by atoms with Gasteiger partial charge in [0.05, 0.1) is 4.90 Å². The number of hydrogen-bond donors (Lipinski definition) is 2. The molecule has 0 atom stereocenters. The van der Waals surface area contributed by atoms with Gasteiger partial charge in [0.1, 0.15) is 0 Å². The highest BCUT2D eigenvalue weighted by molar-refractivity contribution is 7.90. The van der Waals surface area contributed by atoms with Gasteiger partial charge in [0.25, 0.3) is 10.0 Å². The molecular weight excluding hydrogens is 276 g/mol. The van der Waals surface area contributed by atoms with E-state index in [1.807, 2.05) is 25.5 Å². The molecule has 0 radical (unpaired) electrons. The molecule has 112 valence electrons. The highest BCUT2D eigenvalue weighted by Crippen LogP contribution is 2.23. The smallest absolute Gasteiger partial charge is 0.328 e. The van der Waals surface area contributed by atoms with E-state index in [-0.39, 0.29) is 16.4 Å². The van der Waals surface area contributed by atoms with Crippen molar-refractivity contribution in [3.8, 4) is 0 Å². The maximum atomic E-state index is 12.0. The second-order valence-electron chi connectivity index (χ2n) is 6.01. The number of benzene rings is 1. The molecule has 0 aliphatic carbocycles. The summed E-state index contributed by atoms with van der Waals surface area (Å²) in [6.07, 6.45) is 0. The fourth-order valence-electron chi connectivity index (χ4n) is 1.61. The third-order valence-electron chi connectivity index (χ3n) is 2.68. The first kappa shape index (κ1) is 16.5. The number of hydrogen-bond acceptors (Lipinski definition) is 3. The largest absolute Gasteiger partial charge is 0.335 e. The van der Waals surface area contributed by atoms with Gasteiger partial charge < -0.3 is 5.32 Å². The van der Waals surface area contributed by atoms with E-state index in [0.717, 1.165) is 5.56 Å². The van der Waals surface area contributed by atoms with Gasteiger partial charge in [-0.1, -0.05) is 32.9 Å². The molecule has 2 N–H and O–H groups in total. The predicted molar refractivity (Wildman–Crippen MR) is 79.1 cm³/mol. The summed E-state index contributed by atoms with van der Waals surface area (Å²) in [6.45, 7) is 9.65. The molecule has 5 nitrogen and oxygen atoms in total. The maximum Gasteiger partial charge on any atom is 0.328 e. The third-order valence-corrected chi connectivity index (χ3v) is 4.02. The molecule has 0 bridgehead atoms. The zero-order valence-electron chi connectivity index (χ0n) is 12.5. The van der Waals surface area contributed by atoms with Crippen molar-refractivity contribution in [2.75, 3.05) is 0 Å². The van der Waals surface area contributed by atoms with E-state index in [2.05, 4.69) is 5.32 Å². The summed E-state index contributed by atoms with van der Waals surface area (Å²) >= 11 is 0. The molecule has 0 saturated heterocycles. The van der Waals surface area contributed by atoms with Crippen LogP contribution in [0.4, 0.5) is 4.79 Å². The third kappa shape index (κ3) is 4.52. The normalized spacial score (nSPS) is 12.3. The monoisotopic (exact) mass is 298 g/mol. The minimum atomic E-state index is -3.83. The standard InChI is InChI=1S/C14H22N2O3S/c1-10(2)15-13(17)16-20(18,19)12-8-6-11(7-9-12)14(3,4)5/h6-10H,1-5H3,(H2,15,16,17). The number of rotatable bonds is 3. The van der Waals surface area contributed by atoms with Crippen molar-refractivity contribution in [1.29, 1.82) is 0 Å². The van der Waals surface area contributed by atoms with Crippen LogP contribution in [0.25, 0.3) is 0 Å². The number of carbonyl (C=O) groups is 1. The molecule has 0 spiro atoms. The average Bonchev–Trinajstić information content (AvgIpc) is 2.26. The molecule has 0 aliphatic rings. The molecule has 0 saturated carbocycles. The van der Waals surface area contributed by atoms with Gasteiger partial charge in [0.2, 0.25) is 0 Å². The Bertz CT molecular complexity index is 569. The van der Waals surface area contributed by atoms with Crippen LogP contribution >= 0.6 is 0 Å². The van der Waals surface area contributed by atoms with E-state index in [4.69, 9.17) is 0 Å². The lowest BCUT2D eigenvalue weighted by molar-refractivity contribution is 0.243. The van der Waals surface area contributed by atoms with Gasteiger partial charge in [-0.2, -0.15) is 0 Å². The van der Waals surface area contributed by atoms with Crippen molar-refractivity contribution in [3.05, 3.63) is 29.8 Å². The Hall–Kier alpha value is -1.56. The van der Waals surface area contributed by atoms with Gasteiger partial charge in [0, 0.05) is 6.04 Å². The van der Waals surface area contributed by atoms with Crippen LogP contribution in [0.3, 0.4) is 0 Å². The fraction of sp³-hybridized carbons (Fsp3) is 0.500. The first-order valence-electron chi connectivity index (χ1n) is 6.46. The molecule has 0 aliphatic heterocycles. The van der Waals surface area contributed by atoms with E-state index in [1.54, 1.807) is 26.0 Å². The van der Waals surface area contributed by atoms with E-state index >= 15 is 0 Å². The Morgan fingerprint density at radius 3 is 2.00 bits per heavy atom. The Balaban J connectivity index is 2.91. The highest BCUT2D eigenvalue weighted by atomic mass is 32.2. The molecule has 1 aromatic carbocycles. The van der Waals surface area contributed by atoms with Gasteiger partial charge in [-0.3, -0.25) is 0 Å². The van der Waals surface area contributed by atoms with Gasteiger partial charge in [-0.05, 0) is 37.0 Å². The van der Waals surface area contributed by atoms with Crippen LogP contribution in [-0.4, -0.2) is 20.5 Å². The number of carbonyl (C=O) groups excluding carboxylic acids is 1. The molecule has 20 heavy (non-hydrogen) atoms. The summed E-state index contributed by atoms with van der Waals surface area (Å²) in [5, 5.41) is 2.48. The lowest BCUT2D eigenvalue weighted by Gasteiger charge is -2.19. The number of urea groups is 1. The predicted octanol–water partition coefficient (Wildman–Crippen LogP) is 2.38. The zero-order valence-corrected chi connectivity index (χ0v) is 13.3. The maximum absolute atomic E-state index is 12.0. The number of sulfonamides is 1. The fourth-order valence-corrected chi connectivity index (χ4v) is 2.52. The van der Waals surface area contributed by atoms with E-state index in [9.17, 15) is 13.2 Å². The molecule has 6 heteroatoms. The van der Waals surface area contributed by atoms with Crippen LogP contribution < -0.4 is 10.0 Å². The van der Waals surface area contributed by atoms with E-state index < -0.39 is 16.1 Å². The van der Waals surface area contributed by atoms with Crippen molar-refractivity contribution in [3.63, 3.8) is 0 Å². The summed E-state index contributed by atoms with van der Waals surface area (Å²) in [4.78, 5) is 11.5. The quantitative estimate of drug-likeness (QED) is 0.899. The second-order valence-corrected chi connectivity index (χ2v) is 7.69. The molecule has 1 aromatic rings. The van der Waals surface area contributed by atoms with E-state index in [1.165, 1.54) is 12.1 Å². The zero-order chi connectivity index (χ0) is 15.6. The number of amides is 2. The van der Waals surface area contributed by atoms with Crippen molar-refractivity contribution < 1.29 is 13.2 Å². The summed E-state index contributed by atoms with van der Waals surface area (Å²) in [5.74, 6) is 0. The molecule has 0 fully saturated rings. The summed E-state index contributed by atoms with van der Waals surface area (Å²) < 4.78 is 26.0.